The summed E-state index contributed by atoms with van der Waals surface area (Å²) in [4.78, 5) is 14.3. The standard InChI is InChI=1S/C16H25N3O/c17-14-7-9-15(10-8-14)18-16(20)6-5-13-19-11-3-1-2-4-12-19/h7-10H,1-6,11-13,17H2,(H,18,20). The number of nitrogen functional groups attached to an aromatic ring is 1. The quantitative estimate of drug-likeness (QED) is 0.812. The van der Waals surface area contributed by atoms with Crippen LogP contribution >= 0.6 is 0 Å². The minimum absolute atomic E-state index is 0.0876. The summed E-state index contributed by atoms with van der Waals surface area (Å²) in [5.41, 5.74) is 7.15. The van der Waals surface area contributed by atoms with Crippen LogP contribution in [-0.2, 0) is 4.79 Å². The zero-order valence-corrected chi connectivity index (χ0v) is 12.1. The molecule has 1 aliphatic rings. The van der Waals surface area contributed by atoms with Gasteiger partial charge in [-0.2, -0.15) is 0 Å². The fourth-order valence-corrected chi connectivity index (χ4v) is 2.61. The summed E-state index contributed by atoms with van der Waals surface area (Å²) in [7, 11) is 0. The highest BCUT2D eigenvalue weighted by Gasteiger charge is 2.09. The molecule has 0 aliphatic carbocycles. The first-order valence-electron chi connectivity index (χ1n) is 7.62. The van der Waals surface area contributed by atoms with E-state index in [9.17, 15) is 4.79 Å². The van der Waals surface area contributed by atoms with Gasteiger partial charge < -0.3 is 16.0 Å². The summed E-state index contributed by atoms with van der Waals surface area (Å²) >= 11 is 0. The molecule has 110 valence electrons. The summed E-state index contributed by atoms with van der Waals surface area (Å²) in [6.07, 6.45) is 6.83. The van der Waals surface area contributed by atoms with Crippen molar-refractivity contribution in [3.8, 4) is 0 Å². The van der Waals surface area contributed by atoms with Crippen molar-refractivity contribution in [3.05, 3.63) is 24.3 Å². The highest BCUT2D eigenvalue weighted by Crippen LogP contribution is 2.12. The Morgan fingerprint density at radius 3 is 2.40 bits per heavy atom. The van der Waals surface area contributed by atoms with Gasteiger partial charge in [0, 0.05) is 17.8 Å². The monoisotopic (exact) mass is 275 g/mol. The Kier molecular flexibility index (Phi) is 5.87. The molecule has 0 saturated carbocycles. The van der Waals surface area contributed by atoms with Crippen molar-refractivity contribution in [1.82, 2.24) is 4.90 Å². The third-order valence-corrected chi connectivity index (χ3v) is 3.77. The molecule has 1 fully saturated rings. The van der Waals surface area contributed by atoms with Crippen molar-refractivity contribution < 1.29 is 4.79 Å². The van der Waals surface area contributed by atoms with Gasteiger partial charge in [-0.25, -0.2) is 0 Å². The fraction of sp³-hybridized carbons (Fsp3) is 0.562. The first-order valence-corrected chi connectivity index (χ1v) is 7.62. The number of hydrogen-bond donors (Lipinski definition) is 2. The Morgan fingerprint density at radius 1 is 1.10 bits per heavy atom. The van der Waals surface area contributed by atoms with Crippen molar-refractivity contribution in [3.63, 3.8) is 0 Å². The van der Waals surface area contributed by atoms with Crippen LogP contribution in [0.3, 0.4) is 0 Å². The SMILES string of the molecule is Nc1ccc(NC(=O)CCCN2CCCCCC2)cc1. The van der Waals surface area contributed by atoms with E-state index in [0.29, 0.717) is 12.1 Å². The van der Waals surface area contributed by atoms with E-state index in [-0.39, 0.29) is 5.91 Å². The van der Waals surface area contributed by atoms with E-state index in [4.69, 9.17) is 5.73 Å². The Labute approximate surface area is 121 Å². The van der Waals surface area contributed by atoms with Gasteiger partial charge in [0.25, 0.3) is 0 Å². The lowest BCUT2D eigenvalue weighted by Gasteiger charge is -2.19. The van der Waals surface area contributed by atoms with E-state index in [1.807, 2.05) is 12.1 Å². The van der Waals surface area contributed by atoms with E-state index in [2.05, 4.69) is 10.2 Å². The lowest BCUT2D eigenvalue weighted by molar-refractivity contribution is -0.116. The summed E-state index contributed by atoms with van der Waals surface area (Å²) < 4.78 is 0. The highest BCUT2D eigenvalue weighted by atomic mass is 16.1. The van der Waals surface area contributed by atoms with E-state index in [1.54, 1.807) is 12.1 Å². The molecule has 0 aromatic heterocycles. The maximum Gasteiger partial charge on any atom is 0.224 e. The molecule has 20 heavy (non-hydrogen) atoms. The van der Waals surface area contributed by atoms with E-state index in [1.165, 1.54) is 38.8 Å². The molecule has 0 unspecified atom stereocenters. The third-order valence-electron chi connectivity index (χ3n) is 3.77. The van der Waals surface area contributed by atoms with Crippen LogP contribution < -0.4 is 11.1 Å². The minimum atomic E-state index is 0.0876. The second kappa shape index (κ2) is 7.90. The molecule has 1 heterocycles. The van der Waals surface area contributed by atoms with Gasteiger partial charge in [0.1, 0.15) is 0 Å². The van der Waals surface area contributed by atoms with Gasteiger partial charge in [-0.1, -0.05) is 12.8 Å². The van der Waals surface area contributed by atoms with Crippen LogP contribution in [-0.4, -0.2) is 30.4 Å². The summed E-state index contributed by atoms with van der Waals surface area (Å²) in [5.74, 6) is 0.0876. The zero-order chi connectivity index (χ0) is 14.2. The molecule has 0 bridgehead atoms. The minimum Gasteiger partial charge on any atom is -0.399 e. The number of nitrogens with zero attached hydrogens (tertiary/aromatic N) is 1. The second-order valence-electron chi connectivity index (χ2n) is 5.53. The molecule has 3 N–H and O–H groups in total. The first kappa shape index (κ1) is 14.9. The number of benzene rings is 1. The average molecular weight is 275 g/mol. The average Bonchev–Trinajstić information content (AvgIpc) is 2.70. The van der Waals surface area contributed by atoms with Gasteiger partial charge in [0.05, 0.1) is 0 Å². The molecule has 1 saturated heterocycles. The van der Waals surface area contributed by atoms with Gasteiger partial charge in [0.2, 0.25) is 5.91 Å². The Hall–Kier alpha value is -1.55. The van der Waals surface area contributed by atoms with Crippen molar-refractivity contribution in [2.75, 3.05) is 30.7 Å². The van der Waals surface area contributed by atoms with E-state index < -0.39 is 0 Å². The summed E-state index contributed by atoms with van der Waals surface area (Å²) in [6, 6.07) is 7.27. The maximum atomic E-state index is 11.8. The molecular weight excluding hydrogens is 250 g/mol. The van der Waals surface area contributed by atoms with Crippen LogP contribution in [0.25, 0.3) is 0 Å². The topological polar surface area (TPSA) is 58.4 Å². The largest absolute Gasteiger partial charge is 0.399 e. The lowest BCUT2D eigenvalue weighted by Crippen LogP contribution is -2.26. The van der Waals surface area contributed by atoms with Crippen LogP contribution in [0.5, 0.6) is 0 Å². The molecule has 0 atom stereocenters. The van der Waals surface area contributed by atoms with Crippen molar-refractivity contribution >= 4 is 17.3 Å². The first-order chi connectivity index (χ1) is 9.74. The molecule has 1 amide bonds. The predicted octanol–water partition coefficient (Wildman–Crippen LogP) is 2.86. The third kappa shape index (κ3) is 5.21. The van der Waals surface area contributed by atoms with Gasteiger partial charge in [0.15, 0.2) is 0 Å². The Balaban J connectivity index is 1.65. The number of nitrogens with two attached hydrogens (primary N) is 1. The number of hydrogen-bond acceptors (Lipinski definition) is 3. The molecule has 1 aromatic rings. The van der Waals surface area contributed by atoms with Crippen molar-refractivity contribution in [2.45, 2.75) is 38.5 Å². The number of anilines is 2. The molecule has 4 heteroatoms. The summed E-state index contributed by atoms with van der Waals surface area (Å²) in [6.45, 7) is 3.42. The van der Waals surface area contributed by atoms with Crippen LogP contribution in [0, 0.1) is 0 Å². The van der Waals surface area contributed by atoms with Crippen molar-refractivity contribution in [1.29, 1.82) is 0 Å². The number of nitrogens with one attached hydrogen (secondary N) is 1. The number of amides is 1. The molecule has 1 aromatic carbocycles. The molecule has 2 rings (SSSR count). The van der Waals surface area contributed by atoms with Gasteiger partial charge >= 0.3 is 0 Å². The normalized spacial score (nSPS) is 16.6. The number of likely N-dealkylation sites (tertiary alicyclic amines) is 1. The van der Waals surface area contributed by atoms with Crippen LogP contribution in [0.2, 0.25) is 0 Å². The number of carbonyl (C=O) groups excluding carboxylic acids is 1. The van der Waals surface area contributed by atoms with Crippen LogP contribution in [0.4, 0.5) is 11.4 Å². The second-order valence-corrected chi connectivity index (χ2v) is 5.53. The summed E-state index contributed by atoms with van der Waals surface area (Å²) in [5, 5.41) is 2.91. The van der Waals surface area contributed by atoms with Gasteiger partial charge in [-0.3, -0.25) is 4.79 Å². The highest BCUT2D eigenvalue weighted by molar-refractivity contribution is 5.90. The Morgan fingerprint density at radius 2 is 1.75 bits per heavy atom. The van der Waals surface area contributed by atoms with Gasteiger partial charge in [-0.05, 0) is 63.2 Å². The Bertz CT molecular complexity index is 408. The van der Waals surface area contributed by atoms with Crippen molar-refractivity contribution in [2.24, 2.45) is 0 Å². The van der Waals surface area contributed by atoms with E-state index in [0.717, 1.165) is 18.7 Å². The number of rotatable bonds is 5. The molecule has 0 radical (unpaired) electrons. The maximum absolute atomic E-state index is 11.8. The molecule has 4 nitrogen and oxygen atoms in total. The predicted molar refractivity (Wildman–Crippen MR) is 83.6 cm³/mol. The van der Waals surface area contributed by atoms with Gasteiger partial charge in [-0.15, -0.1) is 0 Å². The molecule has 0 spiro atoms. The zero-order valence-electron chi connectivity index (χ0n) is 12.1. The van der Waals surface area contributed by atoms with Crippen LogP contribution in [0.15, 0.2) is 24.3 Å². The van der Waals surface area contributed by atoms with Crippen LogP contribution in [0.1, 0.15) is 38.5 Å². The molecular formula is C16H25N3O. The lowest BCUT2D eigenvalue weighted by atomic mass is 10.2. The van der Waals surface area contributed by atoms with E-state index >= 15 is 0 Å². The smallest absolute Gasteiger partial charge is 0.224 e. The number of carbonyl (C=O) groups is 1. The molecule has 1 aliphatic heterocycles. The fourth-order valence-electron chi connectivity index (χ4n) is 2.61.